The van der Waals surface area contributed by atoms with Crippen molar-refractivity contribution in [2.45, 2.75) is 13.1 Å². The number of rotatable bonds is 2. The van der Waals surface area contributed by atoms with Crippen LogP contribution >= 0.6 is 0 Å². The van der Waals surface area contributed by atoms with Crippen LogP contribution in [0.5, 0.6) is 0 Å². The zero-order valence-corrected chi connectivity index (χ0v) is 11.3. The van der Waals surface area contributed by atoms with Gasteiger partial charge in [0.15, 0.2) is 5.78 Å². The van der Waals surface area contributed by atoms with E-state index in [1.165, 1.54) is 12.1 Å². The number of hydrogen-bond donors (Lipinski definition) is 0. The second-order valence-electron chi connectivity index (χ2n) is 3.24. The van der Waals surface area contributed by atoms with Gasteiger partial charge in [-0.2, -0.15) is 13.2 Å². The minimum Gasteiger partial charge on any atom is -0.869 e. The van der Waals surface area contributed by atoms with Crippen molar-refractivity contribution < 1.29 is 52.6 Å². The first-order valence-electron chi connectivity index (χ1n) is 4.37. The molecule has 0 aliphatic rings. The Kier molecular flexibility index (Phi) is 5.95. The molecule has 0 amide bonds. The summed E-state index contributed by atoms with van der Waals surface area (Å²) in [5.74, 6) is -3.08. The molecule has 0 atom stereocenters. The summed E-state index contributed by atoms with van der Waals surface area (Å²) in [5.41, 5.74) is 0.932. The van der Waals surface area contributed by atoms with E-state index < -0.39 is 17.7 Å². The van der Waals surface area contributed by atoms with Crippen molar-refractivity contribution in [2.24, 2.45) is 0 Å². The summed E-state index contributed by atoms with van der Waals surface area (Å²) in [5, 5.41) is 10.5. The molecular weight excluding hydrogens is 244 g/mol. The van der Waals surface area contributed by atoms with Gasteiger partial charge in [-0.15, -0.1) is 0 Å². The first-order chi connectivity index (χ1) is 7.30. The zero-order valence-electron chi connectivity index (χ0n) is 9.34. The van der Waals surface area contributed by atoms with E-state index in [1.807, 2.05) is 0 Å². The van der Waals surface area contributed by atoms with Gasteiger partial charge < -0.3 is 5.11 Å². The molecule has 0 heterocycles. The monoisotopic (exact) mass is 252 g/mol. The molecule has 0 aliphatic heterocycles. The molecule has 0 aliphatic carbocycles. The Hall–Kier alpha value is -0.780. The normalized spacial score (nSPS) is 11.9. The number of aryl methyl sites for hydroxylation is 1. The Morgan fingerprint density at radius 1 is 1.24 bits per heavy atom. The quantitative estimate of drug-likeness (QED) is 0.293. The third-order valence-electron chi connectivity index (χ3n) is 1.88. The Morgan fingerprint density at radius 2 is 1.71 bits per heavy atom. The molecule has 1 rings (SSSR count). The summed E-state index contributed by atoms with van der Waals surface area (Å²) in [6.45, 7) is 1.78. The van der Waals surface area contributed by atoms with Gasteiger partial charge in [-0.25, -0.2) is 0 Å². The summed E-state index contributed by atoms with van der Waals surface area (Å²) in [6, 6.07) is 5.91. The molecule has 0 saturated heterocycles. The van der Waals surface area contributed by atoms with Crippen LogP contribution in [0.15, 0.2) is 36.1 Å². The maximum atomic E-state index is 11.9. The van der Waals surface area contributed by atoms with Gasteiger partial charge in [0.25, 0.3) is 0 Å². The predicted octanol–water partition coefficient (Wildman–Crippen LogP) is -1.01. The van der Waals surface area contributed by atoms with Crippen molar-refractivity contribution in [1.82, 2.24) is 0 Å². The van der Waals surface area contributed by atoms with Crippen LogP contribution in [0, 0.1) is 6.92 Å². The van der Waals surface area contributed by atoms with Crippen LogP contribution in [0.3, 0.4) is 0 Å². The Morgan fingerprint density at radius 3 is 2.12 bits per heavy atom. The number of carbonyl (C=O) groups is 1. The Labute approximate surface area is 118 Å². The van der Waals surface area contributed by atoms with Gasteiger partial charge in [-0.1, -0.05) is 29.8 Å². The van der Waals surface area contributed by atoms with Gasteiger partial charge in [-0.05, 0) is 18.8 Å². The van der Waals surface area contributed by atoms with Crippen LogP contribution in [0.25, 0.3) is 0 Å². The predicted molar refractivity (Wildman–Crippen MR) is 49.6 cm³/mol. The molecule has 0 bridgehead atoms. The van der Waals surface area contributed by atoms with E-state index in [4.69, 9.17) is 0 Å². The van der Waals surface area contributed by atoms with Crippen molar-refractivity contribution >= 4 is 5.78 Å². The first-order valence-corrected chi connectivity index (χ1v) is 4.37. The first kappa shape index (κ1) is 16.2. The Balaban J connectivity index is 0.00000256. The molecule has 0 saturated carbocycles. The number of carbonyl (C=O) groups excluding carboxylic acids is 1. The molecule has 0 unspecified atom stereocenters. The molecule has 1 aromatic carbocycles. The summed E-state index contributed by atoms with van der Waals surface area (Å²) < 4.78 is 35.6. The van der Waals surface area contributed by atoms with Crippen LogP contribution in [-0.2, 0) is 0 Å². The van der Waals surface area contributed by atoms with E-state index in [0.717, 1.165) is 5.56 Å². The number of benzene rings is 1. The average molecular weight is 252 g/mol. The van der Waals surface area contributed by atoms with Crippen LogP contribution in [0.2, 0.25) is 0 Å². The van der Waals surface area contributed by atoms with E-state index in [9.17, 15) is 23.1 Å². The van der Waals surface area contributed by atoms with Crippen LogP contribution in [-0.4, -0.2) is 12.0 Å². The number of alkyl halides is 3. The summed E-state index contributed by atoms with van der Waals surface area (Å²) in [7, 11) is 0. The molecule has 0 radical (unpaired) electrons. The van der Waals surface area contributed by atoms with E-state index in [1.54, 1.807) is 19.1 Å². The number of hydrogen-bond acceptors (Lipinski definition) is 2. The van der Waals surface area contributed by atoms with E-state index in [2.05, 4.69) is 0 Å². The largest absolute Gasteiger partial charge is 1.00 e. The van der Waals surface area contributed by atoms with Crippen molar-refractivity contribution in [2.75, 3.05) is 0 Å². The second-order valence-corrected chi connectivity index (χ2v) is 3.24. The van der Waals surface area contributed by atoms with E-state index in [-0.39, 0.29) is 41.2 Å². The molecule has 0 fully saturated rings. The minimum absolute atomic E-state index is 0. The Bertz CT molecular complexity index is 421. The van der Waals surface area contributed by atoms with Crippen molar-refractivity contribution in [3.05, 3.63) is 47.2 Å². The fourth-order valence-corrected chi connectivity index (χ4v) is 1.00. The number of allylic oxidation sites excluding steroid dienone is 2. The van der Waals surface area contributed by atoms with Gasteiger partial charge >= 0.3 is 35.7 Å². The van der Waals surface area contributed by atoms with Crippen molar-refractivity contribution in [1.29, 1.82) is 0 Å². The maximum Gasteiger partial charge on any atom is 1.00 e. The molecule has 2 nitrogen and oxygen atoms in total. The molecule has 0 aromatic heterocycles. The van der Waals surface area contributed by atoms with Gasteiger partial charge in [0, 0.05) is 5.56 Å². The SMILES string of the molecule is Cc1ccc(C(=O)/C=C(\[O-])C(F)(F)F)cc1.[Na+]. The standard InChI is InChI=1S/C11H9F3O2.Na/c1-7-2-4-8(5-3-7)9(15)6-10(16)11(12,13)14;/h2-6,16H,1H3;/q;+1/p-1/b10-6-;. The minimum atomic E-state index is -5.00. The van der Waals surface area contributed by atoms with Crippen LogP contribution < -0.4 is 34.7 Å². The van der Waals surface area contributed by atoms with Gasteiger partial charge in [0.05, 0.1) is 0 Å². The molecule has 0 spiro atoms. The van der Waals surface area contributed by atoms with Crippen LogP contribution in [0.1, 0.15) is 15.9 Å². The summed E-state index contributed by atoms with van der Waals surface area (Å²) in [6.07, 6.45) is -4.94. The molecular formula is C11H8F3NaO2. The topological polar surface area (TPSA) is 40.1 Å². The van der Waals surface area contributed by atoms with Gasteiger partial charge in [-0.3, -0.25) is 4.79 Å². The molecule has 0 N–H and O–H groups in total. The van der Waals surface area contributed by atoms with Crippen molar-refractivity contribution in [3.8, 4) is 0 Å². The summed E-state index contributed by atoms with van der Waals surface area (Å²) in [4.78, 5) is 11.2. The van der Waals surface area contributed by atoms with E-state index >= 15 is 0 Å². The maximum absolute atomic E-state index is 11.9. The van der Waals surface area contributed by atoms with Gasteiger partial charge in [0.2, 0.25) is 0 Å². The second kappa shape index (κ2) is 6.23. The zero-order chi connectivity index (χ0) is 12.3. The van der Waals surface area contributed by atoms with Crippen LogP contribution in [0.4, 0.5) is 13.2 Å². The summed E-state index contributed by atoms with van der Waals surface area (Å²) >= 11 is 0. The van der Waals surface area contributed by atoms with Crippen molar-refractivity contribution in [3.63, 3.8) is 0 Å². The number of halogens is 3. The average Bonchev–Trinajstić information content (AvgIpc) is 2.17. The smallest absolute Gasteiger partial charge is 0.869 e. The fourth-order valence-electron chi connectivity index (χ4n) is 1.00. The number of ketones is 1. The van der Waals surface area contributed by atoms with Gasteiger partial charge in [0.1, 0.15) is 0 Å². The third-order valence-corrected chi connectivity index (χ3v) is 1.88. The fraction of sp³-hybridized carbons (Fsp3) is 0.182. The van der Waals surface area contributed by atoms with E-state index in [0.29, 0.717) is 0 Å². The molecule has 1 aromatic rings. The third kappa shape index (κ3) is 4.93. The molecule has 17 heavy (non-hydrogen) atoms. The molecule has 6 heteroatoms. The molecule has 86 valence electrons.